The maximum absolute atomic E-state index is 13.4. The molecule has 1 fully saturated rings. The van der Waals surface area contributed by atoms with Crippen molar-refractivity contribution in [2.75, 3.05) is 19.8 Å². The number of aromatic nitrogens is 1. The number of aromatic amines is 1. The number of benzene rings is 1. The summed E-state index contributed by atoms with van der Waals surface area (Å²) < 4.78 is 6.62. The van der Waals surface area contributed by atoms with Gasteiger partial charge in [-0.1, -0.05) is 36.2 Å². The number of amides is 1. The molecular weight excluding hydrogens is 506 g/mol. The van der Waals surface area contributed by atoms with Crippen LogP contribution in [0.15, 0.2) is 21.4 Å². The van der Waals surface area contributed by atoms with Crippen LogP contribution in [0.5, 0.6) is 0 Å². The molecule has 4 rings (SSSR count). The molecule has 1 aromatic heterocycles. The van der Waals surface area contributed by atoms with Crippen molar-refractivity contribution in [2.24, 2.45) is 0 Å². The standard InChI is InChI=1S/C28H38BrN3O3/c1-5-7-19-14-17(3)31-28(34)23(19)16-30-27(33)22-15-24(29)21-8-9-25(26(21)18(22)4)32(6-2)20-10-12-35-13-11-20/h14-15,20,25H,5-13,16H2,1-4H3,(H,30,33)(H,31,34). The minimum atomic E-state index is -0.131. The van der Waals surface area contributed by atoms with Crippen molar-refractivity contribution < 1.29 is 9.53 Å². The summed E-state index contributed by atoms with van der Waals surface area (Å²) in [6.45, 7) is 11.2. The van der Waals surface area contributed by atoms with E-state index >= 15 is 0 Å². The molecule has 1 aliphatic heterocycles. The number of fused-ring (bicyclic) bond motifs is 1. The van der Waals surface area contributed by atoms with Crippen molar-refractivity contribution in [3.63, 3.8) is 0 Å². The lowest BCUT2D eigenvalue weighted by Gasteiger charge is -2.38. The van der Waals surface area contributed by atoms with E-state index in [0.717, 1.165) is 79.6 Å². The summed E-state index contributed by atoms with van der Waals surface area (Å²) >= 11 is 3.77. The van der Waals surface area contributed by atoms with Crippen LogP contribution in [0.1, 0.15) is 89.4 Å². The first-order valence-electron chi connectivity index (χ1n) is 13.0. The molecule has 0 saturated carbocycles. The van der Waals surface area contributed by atoms with E-state index in [-0.39, 0.29) is 18.0 Å². The quantitative estimate of drug-likeness (QED) is 0.484. The number of hydrogen-bond acceptors (Lipinski definition) is 4. The summed E-state index contributed by atoms with van der Waals surface area (Å²) in [6.07, 6.45) is 5.98. The number of carbonyl (C=O) groups is 1. The highest BCUT2D eigenvalue weighted by atomic mass is 79.9. The third-order valence-electron chi connectivity index (χ3n) is 7.67. The van der Waals surface area contributed by atoms with E-state index in [9.17, 15) is 9.59 Å². The number of halogens is 1. The lowest BCUT2D eigenvalue weighted by Crippen LogP contribution is -2.41. The van der Waals surface area contributed by atoms with E-state index in [2.05, 4.69) is 51.9 Å². The predicted octanol–water partition coefficient (Wildman–Crippen LogP) is 5.12. The molecule has 0 spiro atoms. The van der Waals surface area contributed by atoms with Crippen molar-refractivity contribution >= 4 is 21.8 Å². The van der Waals surface area contributed by atoms with Crippen LogP contribution >= 0.6 is 15.9 Å². The number of H-pyrrole nitrogens is 1. The van der Waals surface area contributed by atoms with Gasteiger partial charge >= 0.3 is 0 Å². The Bertz CT molecular complexity index is 1140. The van der Waals surface area contributed by atoms with Crippen molar-refractivity contribution in [1.29, 1.82) is 0 Å². The number of ether oxygens (including phenoxy) is 1. The van der Waals surface area contributed by atoms with Crippen molar-refractivity contribution in [1.82, 2.24) is 15.2 Å². The molecule has 190 valence electrons. The highest BCUT2D eigenvalue weighted by molar-refractivity contribution is 9.10. The largest absolute Gasteiger partial charge is 0.381 e. The van der Waals surface area contributed by atoms with Gasteiger partial charge in [-0.3, -0.25) is 14.5 Å². The fraction of sp³-hybridized carbons (Fsp3) is 0.571. The van der Waals surface area contributed by atoms with E-state index in [4.69, 9.17) is 4.74 Å². The fourth-order valence-corrected chi connectivity index (χ4v) is 6.65. The zero-order valence-corrected chi connectivity index (χ0v) is 23.0. The molecule has 1 saturated heterocycles. The van der Waals surface area contributed by atoms with Gasteiger partial charge in [-0.15, -0.1) is 0 Å². The molecule has 2 aromatic rings. The lowest BCUT2D eigenvalue weighted by atomic mass is 9.93. The molecule has 2 aliphatic rings. The number of rotatable bonds is 8. The minimum absolute atomic E-state index is 0.115. The van der Waals surface area contributed by atoms with Gasteiger partial charge in [0.2, 0.25) is 0 Å². The monoisotopic (exact) mass is 543 g/mol. The van der Waals surface area contributed by atoms with Gasteiger partial charge in [-0.05, 0) is 86.9 Å². The Kier molecular flexibility index (Phi) is 8.50. The summed E-state index contributed by atoms with van der Waals surface area (Å²) in [5, 5.41) is 3.05. The highest BCUT2D eigenvalue weighted by Crippen LogP contribution is 2.44. The van der Waals surface area contributed by atoms with Crippen LogP contribution in [0.3, 0.4) is 0 Å². The molecule has 1 amide bonds. The van der Waals surface area contributed by atoms with Gasteiger partial charge in [0.15, 0.2) is 0 Å². The number of nitrogens with one attached hydrogen (secondary N) is 2. The van der Waals surface area contributed by atoms with E-state index in [1.807, 2.05) is 19.1 Å². The molecule has 2 N–H and O–H groups in total. The zero-order chi connectivity index (χ0) is 25.1. The average molecular weight is 545 g/mol. The Balaban J connectivity index is 1.60. The molecule has 7 heteroatoms. The van der Waals surface area contributed by atoms with Crippen LogP contribution in [-0.2, 0) is 24.1 Å². The van der Waals surface area contributed by atoms with Crippen LogP contribution in [0.4, 0.5) is 0 Å². The molecule has 2 heterocycles. The molecule has 1 aliphatic carbocycles. The summed E-state index contributed by atoms with van der Waals surface area (Å²) in [6, 6.07) is 4.82. The second kappa shape index (κ2) is 11.4. The van der Waals surface area contributed by atoms with Crippen molar-refractivity contribution in [3.8, 4) is 0 Å². The minimum Gasteiger partial charge on any atom is -0.381 e. The first-order chi connectivity index (χ1) is 16.8. The molecule has 1 unspecified atom stereocenters. The second-order valence-electron chi connectivity index (χ2n) is 9.87. The summed E-state index contributed by atoms with van der Waals surface area (Å²) in [7, 11) is 0. The predicted molar refractivity (Wildman–Crippen MR) is 143 cm³/mol. The SMILES string of the molecule is CCCc1cc(C)[nH]c(=O)c1CNC(=O)c1cc(Br)c2c(c1C)C(N(CC)C1CCOCC1)CC2. The third-order valence-corrected chi connectivity index (χ3v) is 8.38. The van der Waals surface area contributed by atoms with Crippen molar-refractivity contribution in [2.45, 2.75) is 84.8 Å². The zero-order valence-electron chi connectivity index (χ0n) is 21.4. The first kappa shape index (κ1) is 26.1. The van der Waals surface area contributed by atoms with E-state index in [1.165, 1.54) is 11.1 Å². The Hall–Kier alpha value is -1.96. The summed E-state index contributed by atoms with van der Waals surface area (Å²) in [5.41, 5.74) is 6.77. The number of carbonyl (C=O) groups excluding carboxylic acids is 1. The van der Waals surface area contributed by atoms with Gasteiger partial charge in [0.25, 0.3) is 11.5 Å². The van der Waals surface area contributed by atoms with Crippen LogP contribution in [-0.4, -0.2) is 41.6 Å². The van der Waals surface area contributed by atoms with Crippen molar-refractivity contribution in [3.05, 3.63) is 66.0 Å². The van der Waals surface area contributed by atoms with Crippen LogP contribution in [0, 0.1) is 13.8 Å². The van der Waals surface area contributed by atoms with E-state index < -0.39 is 0 Å². The normalized spacial score (nSPS) is 18.2. The van der Waals surface area contributed by atoms with Crippen LogP contribution in [0.2, 0.25) is 0 Å². The van der Waals surface area contributed by atoms with Gasteiger partial charge in [0, 0.05) is 53.1 Å². The maximum Gasteiger partial charge on any atom is 0.253 e. The Morgan fingerprint density at radius 3 is 2.63 bits per heavy atom. The van der Waals surface area contributed by atoms with Gasteiger partial charge in [-0.2, -0.15) is 0 Å². The maximum atomic E-state index is 13.4. The number of nitrogens with zero attached hydrogens (tertiary/aromatic N) is 1. The molecule has 1 atom stereocenters. The lowest BCUT2D eigenvalue weighted by molar-refractivity contribution is 0.0186. The molecule has 6 nitrogen and oxygen atoms in total. The van der Waals surface area contributed by atoms with Crippen LogP contribution < -0.4 is 10.9 Å². The highest BCUT2D eigenvalue weighted by Gasteiger charge is 2.35. The number of hydrogen-bond donors (Lipinski definition) is 2. The van der Waals surface area contributed by atoms with E-state index in [0.29, 0.717) is 23.2 Å². The number of pyridine rings is 1. The molecular formula is C28H38BrN3O3. The number of aryl methyl sites for hydroxylation is 2. The Labute approximate surface area is 217 Å². The summed E-state index contributed by atoms with van der Waals surface area (Å²) in [4.78, 5) is 31.5. The summed E-state index contributed by atoms with van der Waals surface area (Å²) in [5.74, 6) is -0.131. The topological polar surface area (TPSA) is 74.4 Å². The average Bonchev–Trinajstić information content (AvgIpc) is 3.28. The molecule has 0 bridgehead atoms. The molecule has 35 heavy (non-hydrogen) atoms. The van der Waals surface area contributed by atoms with E-state index in [1.54, 1.807) is 0 Å². The van der Waals surface area contributed by atoms with Gasteiger partial charge in [-0.25, -0.2) is 0 Å². The van der Waals surface area contributed by atoms with Gasteiger partial charge in [0.1, 0.15) is 0 Å². The van der Waals surface area contributed by atoms with Gasteiger partial charge < -0.3 is 15.0 Å². The Morgan fingerprint density at radius 1 is 1.20 bits per heavy atom. The second-order valence-corrected chi connectivity index (χ2v) is 10.7. The molecule has 0 radical (unpaired) electrons. The molecule has 1 aromatic carbocycles. The van der Waals surface area contributed by atoms with Crippen LogP contribution in [0.25, 0.3) is 0 Å². The first-order valence-corrected chi connectivity index (χ1v) is 13.8. The van der Waals surface area contributed by atoms with Gasteiger partial charge in [0.05, 0.1) is 0 Å². The Morgan fingerprint density at radius 2 is 1.94 bits per heavy atom. The smallest absolute Gasteiger partial charge is 0.253 e. The third kappa shape index (κ3) is 5.42. The fourth-order valence-electron chi connectivity index (χ4n) is 6.01.